The Kier molecular flexibility index (Phi) is 6.23. The van der Waals surface area contributed by atoms with E-state index in [-0.39, 0.29) is 11.6 Å². The molecule has 1 rings (SSSR count). The molecular formula is C15H25ClN2O2SSi. The zero-order valence-corrected chi connectivity index (χ0v) is 16.9. The molecule has 0 aromatic carbocycles. The van der Waals surface area contributed by atoms with Gasteiger partial charge in [0.25, 0.3) is 0 Å². The van der Waals surface area contributed by atoms with Gasteiger partial charge in [0.1, 0.15) is 11.4 Å². The van der Waals surface area contributed by atoms with Gasteiger partial charge in [-0.3, -0.25) is 0 Å². The van der Waals surface area contributed by atoms with Crippen LogP contribution in [0, 0.1) is 0 Å². The second-order valence-electron chi connectivity index (χ2n) is 7.15. The van der Waals surface area contributed by atoms with E-state index in [1.54, 1.807) is 6.20 Å². The zero-order valence-electron chi connectivity index (χ0n) is 14.4. The number of hydrogen-bond acceptors (Lipinski definition) is 5. The maximum atomic E-state index is 11.7. The minimum Gasteiger partial charge on any atom is -0.415 e. The second kappa shape index (κ2) is 6.99. The highest BCUT2D eigenvalue weighted by atomic mass is 35.5. The zero-order chi connectivity index (χ0) is 17.2. The van der Waals surface area contributed by atoms with Crippen molar-refractivity contribution in [3.8, 4) is 0 Å². The fourth-order valence-corrected chi connectivity index (χ4v) is 3.38. The average Bonchev–Trinajstić information content (AvgIpc) is 2.43. The number of carbonyl (C=O) groups is 1. The van der Waals surface area contributed by atoms with Crippen LogP contribution in [0.2, 0.25) is 23.3 Å². The summed E-state index contributed by atoms with van der Waals surface area (Å²) < 4.78 is 6.20. The largest absolute Gasteiger partial charge is 0.415 e. The molecular weight excluding hydrogens is 336 g/mol. The summed E-state index contributed by atoms with van der Waals surface area (Å²) >= 11 is 7.66. The maximum Gasteiger partial charge on any atom is 0.192 e. The molecule has 0 unspecified atom stereocenters. The van der Waals surface area contributed by atoms with Crippen molar-refractivity contribution in [2.24, 2.45) is 0 Å². The van der Waals surface area contributed by atoms with Gasteiger partial charge in [0.05, 0.1) is 12.0 Å². The summed E-state index contributed by atoms with van der Waals surface area (Å²) in [6.45, 7) is 12.9. The molecule has 1 aromatic rings. The Bertz CT molecular complexity index is 549. The van der Waals surface area contributed by atoms with Gasteiger partial charge in [0.15, 0.2) is 13.5 Å². The van der Waals surface area contributed by atoms with Crippen LogP contribution in [0.15, 0.2) is 11.4 Å². The number of carbonyl (C=O) groups excluding carboxylic acids is 1. The molecule has 0 aliphatic heterocycles. The predicted octanol–water partition coefficient (Wildman–Crippen LogP) is 4.33. The monoisotopic (exact) mass is 360 g/mol. The number of thioether (sulfide) groups is 1. The van der Waals surface area contributed by atoms with E-state index in [2.05, 4.69) is 43.8 Å². The van der Waals surface area contributed by atoms with E-state index in [1.165, 1.54) is 11.8 Å². The van der Waals surface area contributed by atoms with Gasteiger partial charge in [-0.05, 0) is 31.3 Å². The van der Waals surface area contributed by atoms with Crippen molar-refractivity contribution in [2.45, 2.75) is 56.4 Å². The van der Waals surface area contributed by atoms with Crippen molar-refractivity contribution in [3.05, 3.63) is 16.9 Å². The van der Waals surface area contributed by atoms with Gasteiger partial charge in [-0.2, -0.15) is 0 Å². The maximum absolute atomic E-state index is 11.7. The third kappa shape index (κ3) is 4.31. The van der Waals surface area contributed by atoms with Gasteiger partial charge in [-0.1, -0.05) is 44.1 Å². The van der Waals surface area contributed by atoms with E-state index in [0.717, 1.165) is 6.29 Å². The summed E-state index contributed by atoms with van der Waals surface area (Å²) in [6, 6.07) is 0. The number of nitrogens with zero attached hydrogens (tertiary/aromatic N) is 2. The summed E-state index contributed by atoms with van der Waals surface area (Å²) in [5.74, 6) is 0. The van der Waals surface area contributed by atoms with E-state index in [4.69, 9.17) is 16.0 Å². The van der Waals surface area contributed by atoms with Crippen LogP contribution in [0.5, 0.6) is 0 Å². The molecule has 124 valence electrons. The first-order valence-corrected chi connectivity index (χ1v) is 11.7. The Labute approximate surface area is 143 Å². The molecule has 0 saturated heterocycles. The second-order valence-corrected chi connectivity index (χ2v) is 13.1. The lowest BCUT2D eigenvalue weighted by Gasteiger charge is -2.38. The number of rotatable bonds is 6. The van der Waals surface area contributed by atoms with E-state index in [9.17, 15) is 4.79 Å². The lowest BCUT2D eigenvalue weighted by Crippen LogP contribution is -2.45. The quantitative estimate of drug-likeness (QED) is 0.248. The molecule has 0 aliphatic carbocycles. The third-order valence-corrected chi connectivity index (χ3v) is 9.65. The van der Waals surface area contributed by atoms with E-state index in [0.29, 0.717) is 15.9 Å². The van der Waals surface area contributed by atoms with E-state index < -0.39 is 13.7 Å². The first-order valence-electron chi connectivity index (χ1n) is 7.14. The Hall–Kier alpha value is -0.433. The average molecular weight is 361 g/mol. The minimum atomic E-state index is -1.95. The van der Waals surface area contributed by atoms with Gasteiger partial charge in [0, 0.05) is 11.8 Å². The Morgan fingerprint density at radius 2 is 1.95 bits per heavy atom. The molecule has 0 spiro atoms. The fraction of sp³-hybridized carbons (Fsp3) is 0.667. The number of aldehydes is 1. The van der Waals surface area contributed by atoms with Gasteiger partial charge in [-0.15, -0.1) is 0 Å². The van der Waals surface area contributed by atoms with Gasteiger partial charge in [-0.25, -0.2) is 9.97 Å². The molecule has 22 heavy (non-hydrogen) atoms. The van der Waals surface area contributed by atoms with E-state index in [1.807, 2.05) is 13.2 Å². The van der Waals surface area contributed by atoms with Crippen molar-refractivity contribution in [1.82, 2.24) is 9.97 Å². The molecule has 0 bridgehead atoms. The van der Waals surface area contributed by atoms with Crippen molar-refractivity contribution < 1.29 is 9.22 Å². The molecule has 0 saturated carbocycles. The number of aromatic nitrogens is 2. The van der Waals surface area contributed by atoms with Crippen molar-refractivity contribution >= 4 is 38.0 Å². The summed E-state index contributed by atoms with van der Waals surface area (Å²) in [7, 11) is -1.95. The van der Waals surface area contributed by atoms with Crippen molar-refractivity contribution in [3.63, 3.8) is 0 Å². The number of hydrogen-bond donors (Lipinski definition) is 0. The van der Waals surface area contributed by atoms with E-state index >= 15 is 0 Å². The molecule has 1 atom stereocenters. The van der Waals surface area contributed by atoms with Gasteiger partial charge in [0.2, 0.25) is 0 Å². The Morgan fingerprint density at radius 1 is 1.36 bits per heavy atom. The topological polar surface area (TPSA) is 52.1 Å². The molecule has 0 radical (unpaired) electrons. The summed E-state index contributed by atoms with van der Waals surface area (Å²) in [4.78, 5) is 20.2. The first kappa shape index (κ1) is 19.6. The van der Waals surface area contributed by atoms with Crippen LogP contribution >= 0.6 is 23.4 Å². The molecule has 0 fully saturated rings. The van der Waals surface area contributed by atoms with Crippen molar-refractivity contribution in [1.29, 1.82) is 0 Å². The van der Waals surface area contributed by atoms with Crippen LogP contribution in [0.3, 0.4) is 0 Å². The molecule has 7 heteroatoms. The summed E-state index contributed by atoms with van der Waals surface area (Å²) in [5.41, 5.74) is -0.232. The standard InChI is InChI=1S/C15H25ClN2O2SSi/c1-14(2,3)22(6,7)20-10-15(4,9-19)11-8-17-13(21-5)18-12(11)16/h8-9H,10H2,1-7H3/t15-/m1/s1. The summed E-state index contributed by atoms with van der Waals surface area (Å²) in [5, 5.41) is 0.986. The molecule has 1 heterocycles. The fourth-order valence-electron chi connectivity index (χ4n) is 1.55. The van der Waals surface area contributed by atoms with Crippen LogP contribution in [0.1, 0.15) is 33.3 Å². The SMILES string of the molecule is CSc1ncc([C@](C)(C=O)CO[Si](C)(C)C(C)(C)C)c(Cl)n1. The molecule has 0 amide bonds. The predicted molar refractivity (Wildman–Crippen MR) is 95.4 cm³/mol. The lowest BCUT2D eigenvalue weighted by atomic mass is 9.87. The third-order valence-electron chi connectivity index (χ3n) is 4.32. The minimum absolute atomic E-state index is 0.0831. The van der Waals surface area contributed by atoms with Crippen LogP contribution in [0.25, 0.3) is 0 Å². The highest BCUT2D eigenvalue weighted by Crippen LogP contribution is 2.38. The molecule has 1 aromatic heterocycles. The normalized spacial score (nSPS) is 15.5. The van der Waals surface area contributed by atoms with Crippen molar-refractivity contribution in [2.75, 3.05) is 12.9 Å². The lowest BCUT2D eigenvalue weighted by molar-refractivity contribution is -0.113. The Balaban J connectivity index is 3.05. The van der Waals surface area contributed by atoms with Crippen LogP contribution in [0.4, 0.5) is 0 Å². The van der Waals surface area contributed by atoms with Gasteiger partial charge < -0.3 is 9.22 Å². The number of halogens is 1. The molecule has 0 N–H and O–H groups in total. The van der Waals surface area contributed by atoms with Crippen LogP contribution in [-0.4, -0.2) is 37.4 Å². The highest BCUT2D eigenvalue weighted by Gasteiger charge is 2.40. The Morgan fingerprint density at radius 3 is 2.36 bits per heavy atom. The van der Waals surface area contributed by atoms with Crippen LogP contribution < -0.4 is 0 Å². The van der Waals surface area contributed by atoms with Gasteiger partial charge >= 0.3 is 0 Å². The first-order chi connectivity index (χ1) is 9.97. The smallest absolute Gasteiger partial charge is 0.192 e. The highest BCUT2D eigenvalue weighted by molar-refractivity contribution is 7.98. The summed E-state index contributed by atoms with van der Waals surface area (Å²) in [6.07, 6.45) is 4.39. The molecule has 4 nitrogen and oxygen atoms in total. The molecule has 0 aliphatic rings. The van der Waals surface area contributed by atoms with Crippen LogP contribution in [-0.2, 0) is 14.6 Å².